The highest BCUT2D eigenvalue weighted by atomic mass is 16.2. The molecule has 0 aromatic carbocycles. The van der Waals surface area contributed by atoms with Crippen molar-refractivity contribution >= 4 is 5.91 Å². The van der Waals surface area contributed by atoms with Gasteiger partial charge in [0.25, 0.3) is 0 Å². The molecule has 94 valence electrons. The lowest BCUT2D eigenvalue weighted by molar-refractivity contribution is -0.126. The summed E-state index contributed by atoms with van der Waals surface area (Å²) in [5, 5.41) is 2.94. The maximum absolute atomic E-state index is 12.0. The molecule has 1 unspecified atom stereocenters. The summed E-state index contributed by atoms with van der Waals surface area (Å²) in [7, 11) is 0. The van der Waals surface area contributed by atoms with Gasteiger partial charge in [0.2, 0.25) is 5.91 Å². The SMILES string of the molecule is CC(C)(C)NC(=O)C(CN)Cc1ccccn1. The minimum Gasteiger partial charge on any atom is -0.351 e. The standard InChI is InChI=1S/C13H21N3O/c1-13(2,3)16-12(17)10(9-14)8-11-6-4-5-7-15-11/h4-7,10H,8-9,14H2,1-3H3,(H,16,17). The predicted molar refractivity (Wildman–Crippen MR) is 68.4 cm³/mol. The highest BCUT2D eigenvalue weighted by Crippen LogP contribution is 2.08. The molecule has 1 rings (SSSR count). The largest absolute Gasteiger partial charge is 0.351 e. The van der Waals surface area contributed by atoms with Crippen molar-refractivity contribution in [2.75, 3.05) is 6.54 Å². The van der Waals surface area contributed by atoms with Gasteiger partial charge in [0, 0.05) is 30.4 Å². The van der Waals surface area contributed by atoms with Crippen molar-refractivity contribution in [2.24, 2.45) is 11.7 Å². The molecule has 0 bridgehead atoms. The van der Waals surface area contributed by atoms with Crippen LogP contribution in [0.3, 0.4) is 0 Å². The van der Waals surface area contributed by atoms with Crippen LogP contribution >= 0.6 is 0 Å². The van der Waals surface area contributed by atoms with Gasteiger partial charge in [-0.1, -0.05) is 6.07 Å². The second-order valence-corrected chi connectivity index (χ2v) is 5.20. The van der Waals surface area contributed by atoms with E-state index in [4.69, 9.17) is 5.73 Å². The van der Waals surface area contributed by atoms with E-state index in [1.165, 1.54) is 0 Å². The zero-order valence-corrected chi connectivity index (χ0v) is 10.7. The smallest absolute Gasteiger partial charge is 0.225 e. The lowest BCUT2D eigenvalue weighted by Crippen LogP contribution is -2.46. The molecule has 1 heterocycles. The van der Waals surface area contributed by atoms with Crippen molar-refractivity contribution in [2.45, 2.75) is 32.7 Å². The second-order valence-electron chi connectivity index (χ2n) is 5.20. The number of nitrogens with one attached hydrogen (secondary N) is 1. The molecular weight excluding hydrogens is 214 g/mol. The van der Waals surface area contributed by atoms with Crippen molar-refractivity contribution < 1.29 is 4.79 Å². The Morgan fingerprint density at radius 3 is 2.65 bits per heavy atom. The van der Waals surface area contributed by atoms with Crippen LogP contribution in [-0.4, -0.2) is 23.0 Å². The molecule has 0 aliphatic rings. The van der Waals surface area contributed by atoms with Crippen molar-refractivity contribution in [1.82, 2.24) is 10.3 Å². The van der Waals surface area contributed by atoms with Gasteiger partial charge in [-0.25, -0.2) is 0 Å². The van der Waals surface area contributed by atoms with Crippen LogP contribution < -0.4 is 11.1 Å². The van der Waals surface area contributed by atoms with Crippen molar-refractivity contribution in [1.29, 1.82) is 0 Å². The number of aromatic nitrogens is 1. The average Bonchev–Trinajstić information content (AvgIpc) is 2.24. The normalized spacial score (nSPS) is 13.2. The maximum atomic E-state index is 12.0. The number of carbonyl (C=O) groups is 1. The first kappa shape index (κ1) is 13.6. The minimum absolute atomic E-state index is 0.00865. The van der Waals surface area contributed by atoms with Crippen molar-refractivity contribution in [3.63, 3.8) is 0 Å². The Kier molecular flexibility index (Phi) is 4.63. The molecule has 0 spiro atoms. The lowest BCUT2D eigenvalue weighted by Gasteiger charge is -2.24. The molecule has 17 heavy (non-hydrogen) atoms. The molecule has 0 saturated carbocycles. The number of nitrogens with zero attached hydrogens (tertiary/aromatic N) is 1. The molecule has 0 radical (unpaired) electrons. The number of nitrogens with two attached hydrogens (primary N) is 1. The predicted octanol–water partition coefficient (Wildman–Crippen LogP) is 1.11. The van der Waals surface area contributed by atoms with Gasteiger partial charge in [-0.15, -0.1) is 0 Å². The topological polar surface area (TPSA) is 68.0 Å². The summed E-state index contributed by atoms with van der Waals surface area (Å²) >= 11 is 0. The first-order chi connectivity index (χ1) is 7.92. The summed E-state index contributed by atoms with van der Waals surface area (Å²) in [6, 6.07) is 5.68. The van der Waals surface area contributed by atoms with E-state index in [1.54, 1.807) is 6.20 Å². The summed E-state index contributed by atoms with van der Waals surface area (Å²) in [6.45, 7) is 6.20. The van der Waals surface area contributed by atoms with Crippen LogP contribution in [0.1, 0.15) is 26.5 Å². The van der Waals surface area contributed by atoms with Crippen LogP contribution in [0.25, 0.3) is 0 Å². The summed E-state index contributed by atoms with van der Waals surface area (Å²) in [5.41, 5.74) is 6.32. The Bertz CT molecular complexity index is 357. The number of hydrogen-bond acceptors (Lipinski definition) is 3. The van der Waals surface area contributed by atoms with Crippen LogP contribution in [0, 0.1) is 5.92 Å². The summed E-state index contributed by atoms with van der Waals surface area (Å²) in [5.74, 6) is -0.227. The van der Waals surface area contributed by atoms with Crippen molar-refractivity contribution in [3.05, 3.63) is 30.1 Å². The van der Waals surface area contributed by atoms with E-state index in [1.807, 2.05) is 39.0 Å². The van der Waals surface area contributed by atoms with Crippen molar-refractivity contribution in [3.8, 4) is 0 Å². The third kappa shape index (κ3) is 4.95. The second kappa shape index (κ2) is 5.77. The zero-order valence-electron chi connectivity index (χ0n) is 10.7. The number of amides is 1. The number of carbonyl (C=O) groups excluding carboxylic acids is 1. The van der Waals surface area contributed by atoms with Crippen LogP contribution in [-0.2, 0) is 11.2 Å². The highest BCUT2D eigenvalue weighted by Gasteiger charge is 2.22. The fourth-order valence-corrected chi connectivity index (χ4v) is 1.53. The van der Waals surface area contributed by atoms with E-state index in [-0.39, 0.29) is 17.4 Å². The number of pyridine rings is 1. The molecule has 0 saturated heterocycles. The first-order valence-electron chi connectivity index (χ1n) is 5.84. The van der Waals surface area contributed by atoms with Crippen LogP contribution in [0.2, 0.25) is 0 Å². The summed E-state index contributed by atoms with van der Waals surface area (Å²) < 4.78 is 0. The zero-order chi connectivity index (χ0) is 12.9. The Morgan fingerprint density at radius 2 is 2.18 bits per heavy atom. The van der Waals surface area contributed by atoms with Gasteiger partial charge in [-0.2, -0.15) is 0 Å². The lowest BCUT2D eigenvalue weighted by atomic mass is 10.00. The molecule has 1 atom stereocenters. The van der Waals surface area contributed by atoms with Crippen LogP contribution in [0.5, 0.6) is 0 Å². The maximum Gasteiger partial charge on any atom is 0.225 e. The molecule has 1 amide bonds. The molecule has 1 aromatic heterocycles. The van der Waals surface area contributed by atoms with E-state index >= 15 is 0 Å². The van der Waals surface area contributed by atoms with E-state index < -0.39 is 0 Å². The van der Waals surface area contributed by atoms with Gasteiger partial charge in [-0.3, -0.25) is 9.78 Å². The molecular formula is C13H21N3O. The van der Waals surface area contributed by atoms with E-state index in [0.29, 0.717) is 13.0 Å². The number of rotatable bonds is 4. The minimum atomic E-state index is -0.228. The Balaban J connectivity index is 2.63. The molecule has 0 aliphatic heterocycles. The Labute approximate surface area is 103 Å². The summed E-state index contributed by atoms with van der Waals surface area (Å²) in [6.07, 6.45) is 2.31. The molecule has 0 fully saturated rings. The van der Waals surface area contributed by atoms with Crippen LogP contribution in [0.15, 0.2) is 24.4 Å². The third-order valence-electron chi connectivity index (χ3n) is 2.34. The first-order valence-corrected chi connectivity index (χ1v) is 5.84. The van der Waals surface area contributed by atoms with Gasteiger partial charge in [0.1, 0.15) is 0 Å². The number of hydrogen-bond donors (Lipinski definition) is 2. The fraction of sp³-hybridized carbons (Fsp3) is 0.538. The highest BCUT2D eigenvalue weighted by molar-refractivity contribution is 5.79. The van der Waals surface area contributed by atoms with E-state index in [9.17, 15) is 4.79 Å². The Hall–Kier alpha value is -1.42. The van der Waals surface area contributed by atoms with E-state index in [0.717, 1.165) is 5.69 Å². The van der Waals surface area contributed by atoms with Gasteiger partial charge in [0.15, 0.2) is 0 Å². The third-order valence-corrected chi connectivity index (χ3v) is 2.34. The molecule has 3 N–H and O–H groups in total. The van der Waals surface area contributed by atoms with Gasteiger partial charge >= 0.3 is 0 Å². The van der Waals surface area contributed by atoms with E-state index in [2.05, 4.69) is 10.3 Å². The molecule has 4 heteroatoms. The molecule has 4 nitrogen and oxygen atoms in total. The average molecular weight is 235 g/mol. The Morgan fingerprint density at radius 1 is 1.47 bits per heavy atom. The van der Waals surface area contributed by atoms with Crippen LogP contribution in [0.4, 0.5) is 0 Å². The summed E-state index contributed by atoms with van der Waals surface area (Å²) in [4.78, 5) is 16.2. The molecule has 1 aromatic rings. The van der Waals surface area contributed by atoms with Gasteiger partial charge in [0.05, 0.1) is 5.92 Å². The van der Waals surface area contributed by atoms with Gasteiger partial charge in [-0.05, 0) is 32.9 Å². The monoisotopic (exact) mass is 235 g/mol. The van der Waals surface area contributed by atoms with Gasteiger partial charge < -0.3 is 11.1 Å². The fourth-order valence-electron chi connectivity index (χ4n) is 1.53. The molecule has 0 aliphatic carbocycles. The quantitative estimate of drug-likeness (QED) is 0.821.